The molecule has 1 aromatic carbocycles. The van der Waals surface area contributed by atoms with E-state index in [4.69, 9.17) is 21.1 Å². The molecule has 0 bridgehead atoms. The van der Waals surface area contributed by atoms with Crippen LogP contribution in [0.1, 0.15) is 29.6 Å². The molecule has 1 heterocycles. The number of hydrogen-bond donors (Lipinski definition) is 1. The molecule has 0 saturated heterocycles. The van der Waals surface area contributed by atoms with Crippen LogP contribution in [0, 0.1) is 0 Å². The van der Waals surface area contributed by atoms with Gasteiger partial charge in [0.05, 0.1) is 24.4 Å². The zero-order valence-electron chi connectivity index (χ0n) is 12.1. The van der Waals surface area contributed by atoms with Crippen molar-refractivity contribution >= 4 is 22.9 Å². The third-order valence-electron chi connectivity index (χ3n) is 2.91. The van der Waals surface area contributed by atoms with E-state index in [1.807, 2.05) is 5.38 Å². The minimum atomic E-state index is -0.162. The van der Waals surface area contributed by atoms with Crippen molar-refractivity contribution in [3.63, 3.8) is 0 Å². The number of halogens is 1. The van der Waals surface area contributed by atoms with E-state index in [0.29, 0.717) is 28.7 Å². The molecule has 0 unspecified atom stereocenters. The van der Waals surface area contributed by atoms with Gasteiger partial charge in [0.25, 0.3) is 0 Å². The van der Waals surface area contributed by atoms with Crippen molar-refractivity contribution in [3.8, 4) is 11.5 Å². The fraction of sp³-hybridized carbons (Fsp3) is 0.400. The summed E-state index contributed by atoms with van der Waals surface area (Å²) in [5.41, 5.74) is 1.48. The summed E-state index contributed by atoms with van der Waals surface area (Å²) in [4.78, 5) is 4.51. The molecule has 1 aromatic heterocycles. The average molecular weight is 328 g/mol. The molecule has 0 atom stereocenters. The highest BCUT2D eigenvalue weighted by atomic mass is 35.5. The summed E-state index contributed by atoms with van der Waals surface area (Å²) in [7, 11) is 1.54. The Hall–Kier alpha value is -1.30. The molecule has 0 aliphatic carbocycles. The van der Waals surface area contributed by atoms with Crippen LogP contribution in [0.5, 0.6) is 11.5 Å². The Kier molecular flexibility index (Phi) is 5.85. The largest absolute Gasteiger partial charge is 0.493 e. The third kappa shape index (κ3) is 4.09. The summed E-state index contributed by atoms with van der Waals surface area (Å²) in [5, 5.41) is 13.0. The van der Waals surface area contributed by atoms with Gasteiger partial charge in [-0.25, -0.2) is 4.98 Å². The van der Waals surface area contributed by atoms with E-state index in [2.05, 4.69) is 11.9 Å². The van der Waals surface area contributed by atoms with Crippen molar-refractivity contribution in [2.45, 2.75) is 33.0 Å². The lowest BCUT2D eigenvalue weighted by Gasteiger charge is -2.14. The van der Waals surface area contributed by atoms with Crippen molar-refractivity contribution in [1.29, 1.82) is 0 Å². The van der Waals surface area contributed by atoms with E-state index in [1.165, 1.54) is 0 Å². The number of aromatic nitrogens is 1. The fourth-order valence-corrected chi connectivity index (χ4v) is 3.06. The molecule has 0 radical (unpaired) electrons. The summed E-state index contributed by atoms with van der Waals surface area (Å²) in [5.74, 6) is 1.02. The van der Waals surface area contributed by atoms with Gasteiger partial charge in [-0.15, -0.1) is 11.3 Å². The molecule has 4 nitrogen and oxygen atoms in total. The molecule has 21 heavy (non-hydrogen) atoms. The molecule has 2 rings (SSSR count). The summed E-state index contributed by atoms with van der Waals surface area (Å²) in [6.07, 6.45) is 2.06. The van der Waals surface area contributed by atoms with Gasteiger partial charge in [0, 0.05) is 22.0 Å². The Bertz CT molecular complexity index is 575. The zero-order valence-corrected chi connectivity index (χ0v) is 13.6. The maximum atomic E-state index is 9.43. The molecule has 0 fully saturated rings. The highest BCUT2D eigenvalue weighted by molar-refractivity contribution is 7.09. The molecule has 2 aromatic rings. The Labute approximate surface area is 133 Å². The lowest BCUT2D eigenvalue weighted by Crippen LogP contribution is -2.02. The van der Waals surface area contributed by atoms with Crippen LogP contribution in [0.25, 0.3) is 0 Å². The molecule has 0 aliphatic rings. The number of benzene rings is 1. The van der Waals surface area contributed by atoms with Crippen LogP contribution < -0.4 is 9.47 Å². The van der Waals surface area contributed by atoms with E-state index >= 15 is 0 Å². The summed E-state index contributed by atoms with van der Waals surface area (Å²) in [6.45, 7) is 2.30. The van der Waals surface area contributed by atoms with Gasteiger partial charge in [-0.1, -0.05) is 18.5 Å². The van der Waals surface area contributed by atoms with Crippen LogP contribution in [-0.4, -0.2) is 17.2 Å². The number of aliphatic hydroxyl groups is 1. The SMILES string of the molecule is CCCc1nc(COc2c(CO)cc(Cl)cc2OC)cs1. The van der Waals surface area contributed by atoms with Crippen LogP contribution in [0.4, 0.5) is 0 Å². The number of aliphatic hydroxyl groups excluding tert-OH is 1. The monoisotopic (exact) mass is 327 g/mol. The molecule has 114 valence electrons. The summed E-state index contributed by atoms with van der Waals surface area (Å²) >= 11 is 7.62. The smallest absolute Gasteiger partial charge is 0.167 e. The molecule has 0 amide bonds. The van der Waals surface area contributed by atoms with Crippen LogP contribution in [0.3, 0.4) is 0 Å². The second-order valence-electron chi connectivity index (χ2n) is 4.53. The normalized spacial score (nSPS) is 10.7. The Morgan fingerprint density at radius 3 is 2.86 bits per heavy atom. The maximum absolute atomic E-state index is 9.43. The van der Waals surface area contributed by atoms with E-state index in [9.17, 15) is 5.11 Å². The lowest BCUT2D eigenvalue weighted by atomic mass is 10.2. The predicted molar refractivity (Wildman–Crippen MR) is 84.4 cm³/mol. The minimum Gasteiger partial charge on any atom is -0.493 e. The molecule has 6 heteroatoms. The van der Waals surface area contributed by atoms with Crippen molar-refractivity contribution < 1.29 is 14.6 Å². The average Bonchev–Trinajstić information content (AvgIpc) is 2.93. The quantitative estimate of drug-likeness (QED) is 0.839. The molecule has 1 N–H and O–H groups in total. The summed E-state index contributed by atoms with van der Waals surface area (Å²) < 4.78 is 11.0. The van der Waals surface area contributed by atoms with Crippen LogP contribution in [0.15, 0.2) is 17.5 Å². The topological polar surface area (TPSA) is 51.6 Å². The highest BCUT2D eigenvalue weighted by Crippen LogP contribution is 2.35. The second kappa shape index (κ2) is 7.64. The number of nitrogens with zero attached hydrogens (tertiary/aromatic N) is 1. The number of rotatable bonds is 7. The number of aryl methyl sites for hydroxylation is 1. The van der Waals surface area contributed by atoms with Gasteiger partial charge >= 0.3 is 0 Å². The van der Waals surface area contributed by atoms with Crippen LogP contribution in [0.2, 0.25) is 5.02 Å². The predicted octanol–water partition coefficient (Wildman–Crippen LogP) is 3.83. The number of methoxy groups -OCH3 is 1. The molecule has 0 aliphatic heterocycles. The third-order valence-corrected chi connectivity index (χ3v) is 4.09. The summed E-state index contributed by atoms with van der Waals surface area (Å²) in [6, 6.07) is 3.34. The second-order valence-corrected chi connectivity index (χ2v) is 5.90. The Morgan fingerprint density at radius 2 is 2.19 bits per heavy atom. The fourth-order valence-electron chi connectivity index (χ4n) is 1.95. The highest BCUT2D eigenvalue weighted by Gasteiger charge is 2.13. The van der Waals surface area contributed by atoms with Crippen LogP contribution in [-0.2, 0) is 19.6 Å². The maximum Gasteiger partial charge on any atom is 0.167 e. The Balaban J connectivity index is 2.14. The number of ether oxygens (including phenoxy) is 2. The van der Waals surface area contributed by atoms with Crippen molar-refractivity contribution in [2.24, 2.45) is 0 Å². The van der Waals surface area contributed by atoms with Crippen molar-refractivity contribution in [2.75, 3.05) is 7.11 Å². The van der Waals surface area contributed by atoms with Gasteiger partial charge in [0.15, 0.2) is 11.5 Å². The molecule has 0 saturated carbocycles. The first-order chi connectivity index (χ1) is 10.2. The van der Waals surface area contributed by atoms with E-state index in [0.717, 1.165) is 23.5 Å². The minimum absolute atomic E-state index is 0.162. The van der Waals surface area contributed by atoms with E-state index in [1.54, 1.807) is 30.6 Å². The standard InChI is InChI=1S/C15H18ClNO3S/c1-3-4-14-17-12(9-21-14)8-20-15-10(7-18)5-11(16)6-13(15)19-2/h5-6,9,18H,3-4,7-8H2,1-2H3. The molecular formula is C15H18ClNO3S. The molecular weight excluding hydrogens is 310 g/mol. The number of thiazole rings is 1. The van der Waals surface area contributed by atoms with Gasteiger partial charge in [0.1, 0.15) is 6.61 Å². The molecule has 0 spiro atoms. The van der Waals surface area contributed by atoms with Gasteiger partial charge in [0.2, 0.25) is 0 Å². The van der Waals surface area contributed by atoms with Gasteiger partial charge in [-0.05, 0) is 18.9 Å². The van der Waals surface area contributed by atoms with Gasteiger partial charge in [-0.3, -0.25) is 0 Å². The number of hydrogen-bond acceptors (Lipinski definition) is 5. The Morgan fingerprint density at radius 1 is 1.38 bits per heavy atom. The lowest BCUT2D eigenvalue weighted by molar-refractivity contribution is 0.248. The van der Waals surface area contributed by atoms with E-state index < -0.39 is 0 Å². The zero-order chi connectivity index (χ0) is 15.2. The first-order valence-corrected chi connectivity index (χ1v) is 7.97. The first kappa shape index (κ1) is 16.1. The van der Waals surface area contributed by atoms with Crippen molar-refractivity contribution in [1.82, 2.24) is 4.98 Å². The van der Waals surface area contributed by atoms with Gasteiger partial charge < -0.3 is 14.6 Å². The first-order valence-electron chi connectivity index (χ1n) is 6.71. The van der Waals surface area contributed by atoms with Crippen LogP contribution >= 0.6 is 22.9 Å². The van der Waals surface area contributed by atoms with Gasteiger partial charge in [-0.2, -0.15) is 0 Å². The van der Waals surface area contributed by atoms with Crippen molar-refractivity contribution in [3.05, 3.63) is 38.8 Å². The van der Waals surface area contributed by atoms with E-state index in [-0.39, 0.29) is 6.61 Å².